The lowest BCUT2D eigenvalue weighted by Crippen LogP contribution is -2.29. The van der Waals surface area contributed by atoms with Crippen molar-refractivity contribution in [3.63, 3.8) is 0 Å². The maximum Gasteiger partial charge on any atom is 0.337 e. The molecule has 0 bridgehead atoms. The Kier molecular flexibility index (Phi) is 2.99. The van der Waals surface area contributed by atoms with Crippen LogP contribution in [0.3, 0.4) is 0 Å². The molecule has 6 heteroatoms. The molecule has 21 heavy (non-hydrogen) atoms. The lowest BCUT2D eigenvalue weighted by Gasteiger charge is -2.14. The zero-order valence-electron chi connectivity index (χ0n) is 10.5. The monoisotopic (exact) mass is 301 g/mol. The highest BCUT2D eigenvalue weighted by molar-refractivity contribution is 6.36. The van der Waals surface area contributed by atoms with Crippen LogP contribution in [0.15, 0.2) is 42.5 Å². The molecule has 0 aliphatic carbocycles. The van der Waals surface area contributed by atoms with E-state index in [1.165, 1.54) is 18.2 Å². The summed E-state index contributed by atoms with van der Waals surface area (Å²) in [5.74, 6) is -2.07. The number of halogens is 1. The predicted octanol–water partition coefficient (Wildman–Crippen LogP) is 2.84. The van der Waals surface area contributed by atoms with Gasteiger partial charge in [-0.25, -0.2) is 9.69 Å². The van der Waals surface area contributed by atoms with Gasteiger partial charge >= 0.3 is 5.97 Å². The second-order valence-corrected chi connectivity index (χ2v) is 4.87. The number of carbonyl (C=O) groups is 3. The summed E-state index contributed by atoms with van der Waals surface area (Å²) in [5, 5.41) is 8.90. The first-order chi connectivity index (χ1) is 10.0. The largest absolute Gasteiger partial charge is 0.478 e. The Morgan fingerprint density at radius 3 is 2.05 bits per heavy atom. The maximum absolute atomic E-state index is 12.3. The summed E-state index contributed by atoms with van der Waals surface area (Å²) in [4.78, 5) is 36.5. The Hall–Kier alpha value is -2.66. The summed E-state index contributed by atoms with van der Waals surface area (Å²) in [6.07, 6.45) is 0. The van der Waals surface area contributed by atoms with Crippen LogP contribution in [0, 0.1) is 0 Å². The van der Waals surface area contributed by atoms with Crippen LogP contribution < -0.4 is 4.90 Å². The lowest BCUT2D eigenvalue weighted by molar-refractivity contribution is 0.0696. The van der Waals surface area contributed by atoms with Gasteiger partial charge in [0.2, 0.25) is 0 Å². The van der Waals surface area contributed by atoms with E-state index in [9.17, 15) is 14.4 Å². The van der Waals surface area contributed by atoms with Crippen LogP contribution in [-0.2, 0) is 0 Å². The highest BCUT2D eigenvalue weighted by Gasteiger charge is 2.36. The smallest absolute Gasteiger partial charge is 0.337 e. The van der Waals surface area contributed by atoms with E-state index in [-0.39, 0.29) is 16.3 Å². The molecule has 1 aliphatic heterocycles. The third kappa shape index (κ3) is 1.98. The first kappa shape index (κ1) is 13.3. The minimum atomic E-state index is -1.17. The Labute approximate surface area is 124 Å². The van der Waals surface area contributed by atoms with E-state index < -0.39 is 17.8 Å². The number of nitrogens with zero attached hydrogens (tertiary/aromatic N) is 1. The predicted molar refractivity (Wildman–Crippen MR) is 76.0 cm³/mol. The minimum absolute atomic E-state index is 0.0310. The molecular weight excluding hydrogens is 294 g/mol. The molecule has 2 aromatic carbocycles. The van der Waals surface area contributed by atoms with Crippen LogP contribution >= 0.6 is 11.6 Å². The highest BCUT2D eigenvalue weighted by Crippen LogP contribution is 2.31. The summed E-state index contributed by atoms with van der Waals surface area (Å²) in [6, 6.07) is 10.4. The van der Waals surface area contributed by atoms with Crippen LogP contribution in [-0.4, -0.2) is 22.9 Å². The zero-order chi connectivity index (χ0) is 15.1. The molecule has 0 saturated carbocycles. The van der Waals surface area contributed by atoms with E-state index in [0.29, 0.717) is 11.1 Å². The van der Waals surface area contributed by atoms with E-state index >= 15 is 0 Å². The van der Waals surface area contributed by atoms with Crippen molar-refractivity contribution in [1.82, 2.24) is 0 Å². The molecule has 3 rings (SSSR count). The van der Waals surface area contributed by atoms with Gasteiger partial charge in [0, 0.05) is 0 Å². The van der Waals surface area contributed by atoms with E-state index in [1.807, 2.05) is 0 Å². The molecule has 104 valence electrons. The van der Waals surface area contributed by atoms with Crippen molar-refractivity contribution in [2.75, 3.05) is 4.90 Å². The fraction of sp³-hybridized carbons (Fsp3) is 0. The quantitative estimate of drug-likeness (QED) is 0.866. The molecule has 0 radical (unpaired) electrons. The molecular formula is C15H8ClNO4. The number of anilines is 1. The lowest BCUT2D eigenvalue weighted by atomic mass is 10.1. The van der Waals surface area contributed by atoms with Gasteiger partial charge in [0.05, 0.1) is 27.4 Å². The first-order valence-corrected chi connectivity index (χ1v) is 6.39. The van der Waals surface area contributed by atoms with Gasteiger partial charge in [-0.3, -0.25) is 9.59 Å². The molecule has 0 saturated heterocycles. The van der Waals surface area contributed by atoms with Crippen LogP contribution in [0.1, 0.15) is 31.1 Å². The van der Waals surface area contributed by atoms with Crippen molar-refractivity contribution >= 4 is 35.1 Å². The van der Waals surface area contributed by atoms with E-state index in [0.717, 1.165) is 4.90 Å². The Morgan fingerprint density at radius 2 is 1.57 bits per heavy atom. The van der Waals surface area contributed by atoms with Gasteiger partial charge < -0.3 is 5.11 Å². The SMILES string of the molecule is O=C(O)c1ccc(N2C(=O)c3ccccc3C2=O)cc1Cl. The van der Waals surface area contributed by atoms with Gasteiger partial charge in [-0.1, -0.05) is 23.7 Å². The molecule has 0 atom stereocenters. The molecule has 0 fully saturated rings. The number of amides is 2. The third-order valence-electron chi connectivity index (χ3n) is 3.24. The fourth-order valence-corrected chi connectivity index (χ4v) is 2.50. The van der Waals surface area contributed by atoms with Crippen LogP contribution in [0.4, 0.5) is 5.69 Å². The number of imide groups is 1. The fourth-order valence-electron chi connectivity index (χ4n) is 2.24. The average molecular weight is 302 g/mol. The van der Waals surface area contributed by atoms with E-state index in [4.69, 9.17) is 16.7 Å². The molecule has 0 unspecified atom stereocenters. The van der Waals surface area contributed by atoms with Crippen molar-refractivity contribution in [1.29, 1.82) is 0 Å². The molecule has 0 spiro atoms. The van der Waals surface area contributed by atoms with Crippen molar-refractivity contribution in [3.05, 3.63) is 64.2 Å². The molecule has 1 aliphatic rings. The Balaban J connectivity index is 2.07. The van der Waals surface area contributed by atoms with E-state index in [2.05, 4.69) is 0 Å². The van der Waals surface area contributed by atoms with Gasteiger partial charge in [-0.15, -0.1) is 0 Å². The van der Waals surface area contributed by atoms with Crippen molar-refractivity contribution in [3.8, 4) is 0 Å². The number of aromatic carboxylic acids is 1. The molecule has 2 aromatic rings. The number of fused-ring (bicyclic) bond motifs is 1. The number of rotatable bonds is 2. The summed E-state index contributed by atoms with van der Waals surface area (Å²) in [5.41, 5.74) is 0.801. The number of carbonyl (C=O) groups excluding carboxylic acids is 2. The standard InChI is InChI=1S/C15H8ClNO4/c16-12-7-8(5-6-11(12)15(20)21)17-13(18)9-3-1-2-4-10(9)14(17)19/h1-7H,(H,20,21). The number of carboxylic acids is 1. The molecule has 1 N–H and O–H groups in total. The van der Waals surface area contributed by atoms with Gasteiger partial charge in [-0.05, 0) is 30.3 Å². The first-order valence-electron chi connectivity index (χ1n) is 6.01. The summed E-state index contributed by atoms with van der Waals surface area (Å²) in [6.45, 7) is 0. The van der Waals surface area contributed by atoms with Gasteiger partial charge in [0.15, 0.2) is 0 Å². The Morgan fingerprint density at radius 1 is 1.00 bits per heavy atom. The van der Waals surface area contributed by atoms with E-state index in [1.54, 1.807) is 24.3 Å². The second kappa shape index (κ2) is 4.71. The van der Waals surface area contributed by atoms with Crippen molar-refractivity contribution < 1.29 is 19.5 Å². The topological polar surface area (TPSA) is 74.7 Å². The van der Waals surface area contributed by atoms with Gasteiger partial charge in [0.25, 0.3) is 11.8 Å². The highest BCUT2D eigenvalue weighted by atomic mass is 35.5. The molecule has 2 amide bonds. The van der Waals surface area contributed by atoms with Gasteiger partial charge in [0.1, 0.15) is 0 Å². The molecule has 1 heterocycles. The van der Waals surface area contributed by atoms with Crippen molar-refractivity contribution in [2.24, 2.45) is 0 Å². The van der Waals surface area contributed by atoms with Crippen LogP contribution in [0.25, 0.3) is 0 Å². The van der Waals surface area contributed by atoms with Crippen LogP contribution in [0.5, 0.6) is 0 Å². The average Bonchev–Trinajstić information content (AvgIpc) is 2.71. The Bertz CT molecular complexity index is 765. The summed E-state index contributed by atoms with van der Waals surface area (Å²) in [7, 11) is 0. The normalized spacial score (nSPS) is 13.5. The third-order valence-corrected chi connectivity index (χ3v) is 3.55. The van der Waals surface area contributed by atoms with Gasteiger partial charge in [-0.2, -0.15) is 0 Å². The molecule has 5 nitrogen and oxygen atoms in total. The maximum atomic E-state index is 12.3. The number of carboxylic acid groups (broad SMARTS) is 1. The number of benzene rings is 2. The minimum Gasteiger partial charge on any atom is -0.478 e. The summed E-state index contributed by atoms with van der Waals surface area (Å²) >= 11 is 5.88. The molecule has 0 aromatic heterocycles. The second-order valence-electron chi connectivity index (χ2n) is 4.46. The van der Waals surface area contributed by atoms with Crippen molar-refractivity contribution in [2.45, 2.75) is 0 Å². The number of hydrogen-bond acceptors (Lipinski definition) is 3. The number of hydrogen-bond donors (Lipinski definition) is 1. The van der Waals surface area contributed by atoms with Crippen LogP contribution in [0.2, 0.25) is 5.02 Å². The zero-order valence-corrected chi connectivity index (χ0v) is 11.3. The summed E-state index contributed by atoms with van der Waals surface area (Å²) < 4.78 is 0.